The van der Waals surface area contributed by atoms with Crippen molar-refractivity contribution in [2.24, 2.45) is 0 Å². The maximum Gasteiger partial charge on any atom is 0.145 e. The third-order valence-corrected chi connectivity index (χ3v) is 3.69. The fourth-order valence-corrected chi connectivity index (χ4v) is 2.34. The van der Waals surface area contributed by atoms with Gasteiger partial charge in [0.1, 0.15) is 11.6 Å². The summed E-state index contributed by atoms with van der Waals surface area (Å²) in [6.07, 6.45) is 4.07. The normalized spacial score (nSPS) is 12.4. The molecule has 1 aromatic carbocycles. The van der Waals surface area contributed by atoms with Gasteiger partial charge >= 0.3 is 0 Å². The van der Waals surface area contributed by atoms with Gasteiger partial charge in [-0.1, -0.05) is 19.1 Å². The van der Waals surface area contributed by atoms with E-state index in [2.05, 4.69) is 31.2 Å². The zero-order chi connectivity index (χ0) is 13.7. The van der Waals surface area contributed by atoms with Crippen LogP contribution in [0.3, 0.4) is 0 Å². The second-order valence-electron chi connectivity index (χ2n) is 4.13. The molecule has 0 aliphatic rings. The molecule has 1 unspecified atom stereocenters. The Kier molecular flexibility index (Phi) is 4.99. The number of benzene rings is 1. The lowest BCUT2D eigenvalue weighted by Gasteiger charge is -2.17. The van der Waals surface area contributed by atoms with Crippen LogP contribution in [-0.4, -0.2) is 16.5 Å². The molecule has 0 saturated carbocycles. The van der Waals surface area contributed by atoms with Gasteiger partial charge in [-0.15, -0.1) is 0 Å². The molecule has 2 rings (SSSR count). The van der Waals surface area contributed by atoms with Crippen LogP contribution in [0.25, 0.3) is 0 Å². The highest BCUT2D eigenvalue weighted by molar-refractivity contribution is 9.10. The number of nitrogens with zero attached hydrogens (tertiary/aromatic N) is 2. The molecule has 2 aromatic rings. The maximum atomic E-state index is 13.5. The van der Waals surface area contributed by atoms with Crippen molar-refractivity contribution in [1.29, 1.82) is 0 Å². The van der Waals surface area contributed by atoms with Crippen LogP contribution in [0, 0.1) is 5.82 Å². The molecule has 3 nitrogen and oxygen atoms in total. The monoisotopic (exact) mass is 323 g/mol. The summed E-state index contributed by atoms with van der Waals surface area (Å²) < 4.78 is 14.0. The van der Waals surface area contributed by atoms with Crippen LogP contribution < -0.4 is 5.32 Å². The molecule has 0 fully saturated rings. The SMILES string of the molecule is CCNC(Cc1cccc(F)c1Br)c1ncccn1. The number of likely N-dealkylation sites (N-methyl/N-ethyl adjacent to an activating group) is 1. The molecule has 0 aliphatic carbocycles. The number of halogens is 2. The summed E-state index contributed by atoms with van der Waals surface area (Å²) in [4.78, 5) is 8.53. The second-order valence-corrected chi connectivity index (χ2v) is 4.93. The number of hydrogen-bond donors (Lipinski definition) is 1. The molecule has 0 radical (unpaired) electrons. The standard InChI is InChI=1S/C14H15BrFN3/c1-2-17-12(14-18-7-4-8-19-14)9-10-5-3-6-11(16)13(10)15/h3-8,12,17H,2,9H2,1H3. The Hall–Kier alpha value is -1.33. The minimum Gasteiger partial charge on any atom is -0.307 e. The number of nitrogens with one attached hydrogen (secondary N) is 1. The predicted molar refractivity (Wildman–Crippen MR) is 76.3 cm³/mol. The molecular weight excluding hydrogens is 309 g/mol. The minimum atomic E-state index is -0.248. The van der Waals surface area contributed by atoms with Crippen LogP contribution in [0.4, 0.5) is 4.39 Å². The number of aromatic nitrogens is 2. The van der Waals surface area contributed by atoms with Crippen LogP contribution in [0.5, 0.6) is 0 Å². The van der Waals surface area contributed by atoms with Gasteiger partial charge in [0, 0.05) is 12.4 Å². The first kappa shape index (κ1) is 14.1. The molecule has 0 spiro atoms. The highest BCUT2D eigenvalue weighted by Gasteiger charge is 2.16. The zero-order valence-electron chi connectivity index (χ0n) is 10.6. The average molecular weight is 324 g/mol. The van der Waals surface area contributed by atoms with Crippen LogP contribution in [0.2, 0.25) is 0 Å². The van der Waals surface area contributed by atoms with E-state index in [-0.39, 0.29) is 11.9 Å². The predicted octanol–water partition coefficient (Wildman–Crippen LogP) is 3.27. The highest BCUT2D eigenvalue weighted by Crippen LogP contribution is 2.24. The zero-order valence-corrected chi connectivity index (χ0v) is 12.2. The smallest absolute Gasteiger partial charge is 0.145 e. The van der Waals surface area contributed by atoms with Gasteiger partial charge < -0.3 is 5.32 Å². The molecule has 0 amide bonds. The summed E-state index contributed by atoms with van der Waals surface area (Å²) in [6, 6.07) is 6.81. The first-order chi connectivity index (χ1) is 9.22. The van der Waals surface area contributed by atoms with Crippen molar-refractivity contribution in [2.45, 2.75) is 19.4 Å². The van der Waals surface area contributed by atoms with Crippen molar-refractivity contribution in [1.82, 2.24) is 15.3 Å². The largest absolute Gasteiger partial charge is 0.307 e. The molecule has 0 aliphatic heterocycles. The van der Waals surface area contributed by atoms with Crippen molar-refractivity contribution < 1.29 is 4.39 Å². The van der Waals surface area contributed by atoms with E-state index in [1.54, 1.807) is 24.5 Å². The Labute approximate surface area is 120 Å². The number of rotatable bonds is 5. The third kappa shape index (κ3) is 3.58. The first-order valence-electron chi connectivity index (χ1n) is 6.15. The van der Waals surface area contributed by atoms with Gasteiger partial charge in [-0.3, -0.25) is 0 Å². The third-order valence-electron chi connectivity index (χ3n) is 2.80. The molecule has 1 N–H and O–H groups in total. The Morgan fingerprint density at radius 3 is 2.68 bits per heavy atom. The van der Waals surface area contributed by atoms with E-state index in [0.717, 1.165) is 17.9 Å². The van der Waals surface area contributed by atoms with Crippen LogP contribution >= 0.6 is 15.9 Å². The molecule has 100 valence electrons. The van der Waals surface area contributed by atoms with Gasteiger partial charge in [0.25, 0.3) is 0 Å². The topological polar surface area (TPSA) is 37.8 Å². The minimum absolute atomic E-state index is 0.0238. The Balaban J connectivity index is 2.24. The van der Waals surface area contributed by atoms with Gasteiger partial charge in [-0.2, -0.15) is 0 Å². The summed E-state index contributed by atoms with van der Waals surface area (Å²) in [6.45, 7) is 2.83. The van der Waals surface area contributed by atoms with Crippen molar-refractivity contribution in [3.05, 3.63) is 58.3 Å². The highest BCUT2D eigenvalue weighted by atomic mass is 79.9. The quantitative estimate of drug-likeness (QED) is 0.917. The molecular formula is C14H15BrFN3. The maximum absolute atomic E-state index is 13.5. The fourth-order valence-electron chi connectivity index (χ4n) is 1.92. The summed E-state index contributed by atoms with van der Waals surface area (Å²) in [5, 5.41) is 3.33. The van der Waals surface area contributed by atoms with Crippen molar-refractivity contribution >= 4 is 15.9 Å². The lowest BCUT2D eigenvalue weighted by Crippen LogP contribution is -2.25. The van der Waals surface area contributed by atoms with Gasteiger partial charge in [0.2, 0.25) is 0 Å². The number of hydrogen-bond acceptors (Lipinski definition) is 3. The van der Waals surface area contributed by atoms with Crippen molar-refractivity contribution in [3.63, 3.8) is 0 Å². The molecule has 0 saturated heterocycles. The van der Waals surface area contributed by atoms with Gasteiger partial charge in [-0.05, 0) is 46.6 Å². The molecule has 5 heteroatoms. The summed E-state index contributed by atoms with van der Waals surface area (Å²) in [7, 11) is 0. The van der Waals surface area contributed by atoms with E-state index >= 15 is 0 Å². The fraction of sp³-hybridized carbons (Fsp3) is 0.286. The van der Waals surface area contributed by atoms with Gasteiger partial charge in [0.05, 0.1) is 10.5 Å². The second kappa shape index (κ2) is 6.73. The summed E-state index contributed by atoms with van der Waals surface area (Å²) in [5.74, 6) is 0.474. The average Bonchev–Trinajstić information content (AvgIpc) is 2.44. The van der Waals surface area contributed by atoms with E-state index < -0.39 is 0 Å². The lowest BCUT2D eigenvalue weighted by molar-refractivity contribution is 0.518. The molecule has 19 heavy (non-hydrogen) atoms. The van der Waals surface area contributed by atoms with Crippen LogP contribution in [0.1, 0.15) is 24.4 Å². The van der Waals surface area contributed by atoms with E-state index in [1.165, 1.54) is 6.07 Å². The first-order valence-corrected chi connectivity index (χ1v) is 6.95. The molecule has 1 atom stereocenters. The van der Waals surface area contributed by atoms with E-state index in [0.29, 0.717) is 10.9 Å². The van der Waals surface area contributed by atoms with Crippen LogP contribution in [-0.2, 0) is 6.42 Å². The van der Waals surface area contributed by atoms with Crippen molar-refractivity contribution in [2.75, 3.05) is 6.54 Å². The van der Waals surface area contributed by atoms with Gasteiger partial charge in [-0.25, -0.2) is 14.4 Å². The summed E-state index contributed by atoms with van der Waals surface area (Å²) in [5.41, 5.74) is 0.901. The van der Waals surface area contributed by atoms with E-state index in [1.807, 2.05) is 13.0 Å². The van der Waals surface area contributed by atoms with Crippen molar-refractivity contribution in [3.8, 4) is 0 Å². The Morgan fingerprint density at radius 2 is 2.00 bits per heavy atom. The lowest BCUT2D eigenvalue weighted by atomic mass is 10.0. The Morgan fingerprint density at radius 1 is 1.26 bits per heavy atom. The molecule has 0 bridgehead atoms. The molecule has 1 aromatic heterocycles. The van der Waals surface area contributed by atoms with Crippen LogP contribution in [0.15, 0.2) is 41.1 Å². The van der Waals surface area contributed by atoms with E-state index in [4.69, 9.17) is 0 Å². The Bertz CT molecular complexity index is 533. The molecule has 1 heterocycles. The van der Waals surface area contributed by atoms with E-state index in [9.17, 15) is 4.39 Å². The van der Waals surface area contributed by atoms with Gasteiger partial charge in [0.15, 0.2) is 0 Å². The summed E-state index contributed by atoms with van der Waals surface area (Å²) >= 11 is 3.29.